The highest BCUT2D eigenvalue weighted by molar-refractivity contribution is 7.80. The van der Waals surface area contributed by atoms with E-state index in [9.17, 15) is 59.1 Å². The Kier molecular flexibility index (Phi) is 25.9. The molecule has 3 atom stereocenters. The van der Waals surface area contributed by atoms with Gasteiger partial charge in [-0.15, -0.1) is 0 Å². The minimum atomic E-state index is -1.55. The van der Waals surface area contributed by atoms with E-state index in [1.54, 1.807) is 36.7 Å². The van der Waals surface area contributed by atoms with Crippen LogP contribution in [0.2, 0.25) is 0 Å². The molecule has 3 aromatic rings. The number of aliphatic carboxylic acids is 4. The Hall–Kier alpha value is -7.70. The van der Waals surface area contributed by atoms with Crippen molar-refractivity contribution in [1.82, 2.24) is 36.4 Å². The van der Waals surface area contributed by atoms with Crippen LogP contribution in [-0.2, 0) is 28.8 Å². The number of thiocarbonyl (C=S) groups is 1. The average molecular weight is 1060 g/mol. The van der Waals surface area contributed by atoms with Crippen molar-refractivity contribution in [2.45, 2.75) is 94.9 Å². The van der Waals surface area contributed by atoms with Crippen molar-refractivity contribution in [3.05, 3.63) is 89.5 Å². The summed E-state index contributed by atoms with van der Waals surface area (Å²) in [6.45, 7) is 4.65. The van der Waals surface area contributed by atoms with Gasteiger partial charge in [0.2, 0.25) is 11.8 Å². The number of phenolic OH excluding ortho intramolecular Hbond substituents is 2. The van der Waals surface area contributed by atoms with Crippen molar-refractivity contribution in [2.24, 2.45) is 9.98 Å². The largest absolute Gasteiger partial charge is 0.507 e. The predicted molar refractivity (Wildman–Crippen MR) is 283 cm³/mol. The maximum atomic E-state index is 13.0. The molecule has 0 aliphatic carbocycles. The van der Waals surface area contributed by atoms with Crippen LogP contribution in [0.25, 0.3) is 0 Å². The van der Waals surface area contributed by atoms with Gasteiger partial charge in [-0.3, -0.25) is 39.0 Å². The van der Waals surface area contributed by atoms with E-state index in [1.807, 2.05) is 41.7 Å². The van der Waals surface area contributed by atoms with Gasteiger partial charge in [0.15, 0.2) is 5.11 Å². The van der Waals surface area contributed by atoms with Crippen molar-refractivity contribution in [2.75, 3.05) is 57.7 Å². The number of nitrogens with one attached hydrogen (secondary N) is 6. The highest BCUT2D eigenvalue weighted by Crippen LogP contribution is 2.30. The maximum absolute atomic E-state index is 13.0. The molecule has 1 aliphatic heterocycles. The monoisotopic (exact) mass is 1060 g/mol. The third-order valence-corrected chi connectivity index (χ3v) is 12.2. The molecular formula is C51H68N10O13S. The van der Waals surface area contributed by atoms with Crippen molar-refractivity contribution in [3.8, 4) is 11.5 Å². The summed E-state index contributed by atoms with van der Waals surface area (Å²) in [4.78, 5) is 97.1. The minimum Gasteiger partial charge on any atom is -0.507 e. The van der Waals surface area contributed by atoms with E-state index in [4.69, 9.17) is 17.3 Å². The van der Waals surface area contributed by atoms with Gasteiger partial charge in [-0.25, -0.2) is 14.4 Å². The number of aliphatic imine (C=N–C) groups is 2. The number of rotatable bonds is 33. The molecule has 1 saturated heterocycles. The average Bonchev–Trinajstić information content (AvgIpc) is 3.77. The summed E-state index contributed by atoms with van der Waals surface area (Å²) in [5.74, 6) is -6.02. The number of unbranched alkanes of at least 4 members (excludes halogenated alkanes) is 3. The minimum absolute atomic E-state index is 0.0387. The van der Waals surface area contributed by atoms with Crippen molar-refractivity contribution >= 4 is 77.2 Å². The lowest BCUT2D eigenvalue weighted by atomic mass is 10.1. The normalized spacial score (nSPS) is 14.2. The Morgan fingerprint density at radius 2 is 1.11 bits per heavy atom. The van der Waals surface area contributed by atoms with Gasteiger partial charge in [-0.1, -0.05) is 42.8 Å². The standard InChI is InChI=1S/C51H68N10O13S/c62-41-13-5-3-10-35(41)32-52-26-28-60-30-31-61(29-27-53-33-36-11-4-6-14-42(36)63)47(60)34-16-18-37(19-17-34)56-51(75)55-25-8-1-2-15-43(64)57-38(20-22-44(65)66)46(69)54-24-9-7-12-39(48(70)71)58-50(74)59-40(49(72)73)21-23-45(67)68/h3-6,10-11,13-14,16-19,32-33,38-40,47,62-63H,1-2,7-9,12,15,20-31H2,(H,54,69)(H,57,64)(H,65,66)(H,67,68)(H,70,71)(H,72,73)(H2,55,56,75)(H2,58,59,74)/b52-32+,53-33+/t38-,39-,40-/m0/s1. The summed E-state index contributed by atoms with van der Waals surface area (Å²) in [5, 5.41) is 73.3. The van der Waals surface area contributed by atoms with Crippen LogP contribution in [0.3, 0.4) is 0 Å². The number of carboxylic acids is 4. The van der Waals surface area contributed by atoms with E-state index in [0.29, 0.717) is 68.2 Å². The molecule has 0 bridgehead atoms. The number of aromatic hydroxyl groups is 2. The van der Waals surface area contributed by atoms with E-state index in [0.717, 1.165) is 24.3 Å². The second-order valence-electron chi connectivity index (χ2n) is 17.6. The number of phenols is 2. The molecule has 24 heteroatoms. The maximum Gasteiger partial charge on any atom is 0.326 e. The molecule has 1 heterocycles. The SMILES string of the molecule is O=C(O)CC[C@H](NC(=O)N[C@@H](CCCCNC(=O)[C@H](CCC(=O)O)NC(=O)CCCCCNC(=S)Nc1ccc(C2N(CC/N=C/c3ccccc3O)CCN2CC/N=C/c2ccccc2O)cc1)C(=O)O)C(=O)O. The Morgan fingerprint density at radius 3 is 1.64 bits per heavy atom. The number of carbonyl (C=O) groups is 7. The summed E-state index contributed by atoms with van der Waals surface area (Å²) in [7, 11) is 0. The van der Waals surface area contributed by atoms with Crippen LogP contribution in [-0.4, -0.2) is 170 Å². The van der Waals surface area contributed by atoms with Crippen molar-refractivity contribution in [3.63, 3.8) is 0 Å². The fraction of sp³-hybridized carbons (Fsp3) is 0.451. The zero-order chi connectivity index (χ0) is 54.5. The van der Waals surface area contributed by atoms with Gasteiger partial charge in [-0.05, 0) is 99.1 Å². The highest BCUT2D eigenvalue weighted by atomic mass is 32.1. The lowest BCUT2D eigenvalue weighted by molar-refractivity contribution is -0.141. The van der Waals surface area contributed by atoms with Crippen molar-refractivity contribution < 1.29 is 64.2 Å². The van der Waals surface area contributed by atoms with Gasteiger partial charge < -0.3 is 62.5 Å². The number of carboxylic acid groups (broad SMARTS) is 4. The molecule has 0 saturated carbocycles. The van der Waals surface area contributed by atoms with Crippen LogP contribution in [0.4, 0.5) is 10.5 Å². The topological polar surface area (TPSA) is 344 Å². The number of amides is 4. The van der Waals surface area contributed by atoms with E-state index >= 15 is 0 Å². The zero-order valence-corrected chi connectivity index (χ0v) is 42.4. The molecule has 3 aromatic carbocycles. The molecule has 1 aliphatic rings. The smallest absolute Gasteiger partial charge is 0.326 e. The van der Waals surface area contributed by atoms with Gasteiger partial charge in [0.1, 0.15) is 29.6 Å². The molecular weight excluding hydrogens is 993 g/mol. The van der Waals surface area contributed by atoms with Gasteiger partial charge in [-0.2, -0.15) is 0 Å². The lowest BCUT2D eigenvalue weighted by Crippen LogP contribution is -2.51. The molecule has 406 valence electrons. The van der Waals surface area contributed by atoms with Crippen LogP contribution < -0.4 is 31.9 Å². The second kappa shape index (κ2) is 32.5. The number of benzene rings is 3. The number of para-hydroxylation sites is 2. The number of carbonyl (C=O) groups excluding carboxylic acids is 3. The van der Waals surface area contributed by atoms with Crippen LogP contribution >= 0.6 is 12.2 Å². The number of nitrogens with zero attached hydrogens (tertiary/aromatic N) is 4. The Balaban J connectivity index is 1.18. The lowest BCUT2D eigenvalue weighted by Gasteiger charge is -2.30. The number of anilines is 1. The number of hydrogen-bond acceptors (Lipinski definition) is 14. The first-order valence-electron chi connectivity index (χ1n) is 24.7. The number of urea groups is 1. The first kappa shape index (κ1) is 59.9. The molecule has 0 spiro atoms. The Bertz CT molecular complexity index is 2380. The molecule has 4 amide bonds. The van der Waals surface area contributed by atoms with E-state index < -0.39 is 72.7 Å². The molecule has 1 fully saturated rings. The molecule has 0 aromatic heterocycles. The van der Waals surface area contributed by atoms with E-state index in [1.165, 1.54) is 0 Å². The quantitative estimate of drug-likeness (QED) is 0.0236. The molecule has 4 rings (SSSR count). The summed E-state index contributed by atoms with van der Waals surface area (Å²) >= 11 is 5.56. The first-order valence-corrected chi connectivity index (χ1v) is 25.1. The fourth-order valence-electron chi connectivity index (χ4n) is 7.97. The van der Waals surface area contributed by atoms with Gasteiger partial charge >= 0.3 is 29.9 Å². The molecule has 12 N–H and O–H groups in total. The van der Waals surface area contributed by atoms with E-state index in [2.05, 4.69) is 58.5 Å². The molecule has 75 heavy (non-hydrogen) atoms. The highest BCUT2D eigenvalue weighted by Gasteiger charge is 2.32. The molecule has 0 radical (unpaired) electrons. The van der Waals surface area contributed by atoms with Gasteiger partial charge in [0.05, 0.1) is 19.3 Å². The molecule has 0 unspecified atom stereocenters. The first-order chi connectivity index (χ1) is 36.0. The van der Waals surface area contributed by atoms with Crippen LogP contribution in [0.1, 0.15) is 93.5 Å². The zero-order valence-electron chi connectivity index (χ0n) is 41.6. The third kappa shape index (κ3) is 22.5. The van der Waals surface area contributed by atoms with Crippen LogP contribution in [0, 0.1) is 0 Å². The molecule has 23 nitrogen and oxygen atoms in total. The Labute approximate surface area is 439 Å². The predicted octanol–water partition coefficient (Wildman–Crippen LogP) is 3.51. The van der Waals surface area contributed by atoms with Gasteiger partial charge in [0, 0.05) is 87.8 Å². The van der Waals surface area contributed by atoms with Crippen LogP contribution in [0.5, 0.6) is 11.5 Å². The fourth-order valence-corrected chi connectivity index (χ4v) is 8.19. The second-order valence-corrected chi connectivity index (χ2v) is 18.0. The van der Waals surface area contributed by atoms with Crippen LogP contribution in [0.15, 0.2) is 82.8 Å². The summed E-state index contributed by atoms with van der Waals surface area (Å²) in [6.07, 6.45) is 4.08. The third-order valence-electron chi connectivity index (χ3n) is 11.9. The summed E-state index contributed by atoms with van der Waals surface area (Å²) in [5.41, 5.74) is 3.18. The summed E-state index contributed by atoms with van der Waals surface area (Å²) in [6, 6.07) is 16.9. The summed E-state index contributed by atoms with van der Waals surface area (Å²) < 4.78 is 0. The Morgan fingerprint density at radius 1 is 0.600 bits per heavy atom. The number of hydrogen-bond donors (Lipinski definition) is 12. The van der Waals surface area contributed by atoms with E-state index in [-0.39, 0.29) is 62.7 Å². The van der Waals surface area contributed by atoms with Crippen molar-refractivity contribution in [1.29, 1.82) is 0 Å². The van der Waals surface area contributed by atoms with Gasteiger partial charge in [0.25, 0.3) is 0 Å².